The molecule has 2 aliphatic rings. The van der Waals surface area contributed by atoms with E-state index in [0.717, 1.165) is 56.4 Å². The van der Waals surface area contributed by atoms with Crippen LogP contribution < -0.4 is 4.90 Å². The molecular weight excluding hydrogens is 771 g/mol. The summed E-state index contributed by atoms with van der Waals surface area (Å²) in [5, 5.41) is 4.52. The monoisotopic (exact) mass is 807 g/mol. The Bertz CT molecular complexity index is 3590. The van der Waals surface area contributed by atoms with E-state index >= 15 is 0 Å². The zero-order valence-electron chi connectivity index (χ0n) is 34.1. The number of aromatic nitrogens is 4. The van der Waals surface area contributed by atoms with Crippen molar-refractivity contribution in [1.29, 1.82) is 0 Å². The summed E-state index contributed by atoms with van der Waals surface area (Å²) >= 11 is 0. The smallest absolute Gasteiger partial charge is 0.164 e. The Morgan fingerprint density at radius 3 is 1.86 bits per heavy atom. The summed E-state index contributed by atoms with van der Waals surface area (Å²) in [6, 6.07) is 68.1. The lowest BCUT2D eigenvalue weighted by molar-refractivity contribution is 0.669. The first-order valence-corrected chi connectivity index (χ1v) is 21.5. The lowest BCUT2D eigenvalue weighted by Gasteiger charge is -2.27. The molecule has 0 fully saturated rings. The van der Waals surface area contributed by atoms with Gasteiger partial charge in [-0.05, 0) is 77.7 Å². The van der Waals surface area contributed by atoms with Crippen molar-refractivity contribution in [3.63, 3.8) is 0 Å². The molecule has 1 atom stereocenters. The molecule has 6 heteroatoms. The highest BCUT2D eigenvalue weighted by Gasteiger charge is 2.39. The van der Waals surface area contributed by atoms with Crippen LogP contribution in [0.1, 0.15) is 23.5 Å². The van der Waals surface area contributed by atoms with Gasteiger partial charge in [0.15, 0.2) is 17.5 Å². The van der Waals surface area contributed by atoms with Crippen LogP contribution in [0.5, 0.6) is 0 Å². The van der Waals surface area contributed by atoms with Crippen molar-refractivity contribution in [2.45, 2.75) is 12.3 Å². The lowest BCUT2D eigenvalue weighted by atomic mass is 9.84. The second-order valence-electron chi connectivity index (χ2n) is 16.3. The maximum Gasteiger partial charge on any atom is 0.164 e. The highest BCUT2D eigenvalue weighted by molar-refractivity contribution is 6.16. The fraction of sp³-hybridized carbons (Fsp3) is 0.0351. The van der Waals surface area contributed by atoms with Gasteiger partial charge in [-0.15, -0.1) is 0 Å². The van der Waals surface area contributed by atoms with Crippen molar-refractivity contribution >= 4 is 60.7 Å². The highest BCUT2D eigenvalue weighted by atomic mass is 16.3. The number of anilines is 2. The van der Waals surface area contributed by atoms with Crippen molar-refractivity contribution in [1.82, 2.24) is 19.5 Å². The first-order chi connectivity index (χ1) is 31.2. The standard InChI is InChI=1S/C57H37N5O/c1-5-16-36(17-6-1)55-58-56(37-18-7-2-8-19-37)60-57(59-55)45-25-15-27-51-52(45)47-35-39(29-33-50(47)63-51)38-28-32-49-46(34-38)44-31-30-43-42-24-13-14-26-48(42)61(40-20-9-3-10-21-40)53(43)54(44)62(49)41-22-11-4-12-23-41/h1-33,35,46H,34H2. The van der Waals surface area contributed by atoms with E-state index < -0.39 is 0 Å². The molecule has 0 saturated carbocycles. The van der Waals surface area contributed by atoms with Crippen LogP contribution in [-0.4, -0.2) is 19.5 Å². The predicted molar refractivity (Wildman–Crippen MR) is 256 cm³/mol. The average molecular weight is 808 g/mol. The molecule has 296 valence electrons. The number of allylic oxidation sites excluding steroid dienone is 4. The van der Waals surface area contributed by atoms with Gasteiger partial charge in [0, 0.05) is 61.2 Å². The van der Waals surface area contributed by atoms with Crippen molar-refractivity contribution in [3.05, 3.63) is 223 Å². The zero-order chi connectivity index (χ0) is 41.4. The van der Waals surface area contributed by atoms with Gasteiger partial charge in [-0.2, -0.15) is 0 Å². The predicted octanol–water partition coefficient (Wildman–Crippen LogP) is 14.5. The normalized spacial score (nSPS) is 14.6. The SMILES string of the molecule is C1=C(c2ccc3oc4cccc(-c5nc(-c6ccccc6)nc(-c6ccccc6)n5)c4c3c2)CC2C(=C1)N(c1ccccc1)c1c2ccc2c3ccccc3n(-c3ccccc3)c12. The van der Waals surface area contributed by atoms with Crippen LogP contribution in [-0.2, 0) is 0 Å². The molecule has 3 aromatic heterocycles. The van der Waals surface area contributed by atoms with Crippen LogP contribution in [0.4, 0.5) is 11.4 Å². The van der Waals surface area contributed by atoms with Gasteiger partial charge in [0.1, 0.15) is 11.2 Å². The summed E-state index contributed by atoms with van der Waals surface area (Å²) in [5.41, 5.74) is 15.4. The number of benzene rings is 8. The molecule has 1 aliphatic heterocycles. The topological polar surface area (TPSA) is 60.0 Å². The molecule has 0 N–H and O–H groups in total. The average Bonchev–Trinajstić information content (AvgIpc) is 4.02. The molecule has 63 heavy (non-hydrogen) atoms. The molecule has 0 amide bonds. The summed E-state index contributed by atoms with van der Waals surface area (Å²) < 4.78 is 9.03. The van der Waals surface area contributed by atoms with Gasteiger partial charge in [0.05, 0.1) is 16.7 Å². The van der Waals surface area contributed by atoms with Gasteiger partial charge in [0.25, 0.3) is 0 Å². The van der Waals surface area contributed by atoms with Crippen LogP contribution in [0.3, 0.4) is 0 Å². The number of rotatable bonds is 6. The van der Waals surface area contributed by atoms with Gasteiger partial charge in [-0.3, -0.25) is 0 Å². The molecule has 13 rings (SSSR count). The quantitative estimate of drug-likeness (QED) is 0.167. The number of fused-ring (bicyclic) bond motifs is 10. The number of hydrogen-bond donors (Lipinski definition) is 0. The van der Waals surface area contributed by atoms with Crippen LogP contribution in [0.25, 0.3) is 89.2 Å². The van der Waals surface area contributed by atoms with E-state index in [1.807, 2.05) is 72.8 Å². The molecule has 1 unspecified atom stereocenters. The summed E-state index contributed by atoms with van der Waals surface area (Å²) in [5.74, 6) is 2.01. The number of para-hydroxylation sites is 3. The van der Waals surface area contributed by atoms with Crippen LogP contribution in [0.2, 0.25) is 0 Å². The molecule has 4 heterocycles. The highest BCUT2D eigenvalue weighted by Crippen LogP contribution is 2.56. The maximum atomic E-state index is 6.57. The van der Waals surface area contributed by atoms with Crippen molar-refractivity contribution in [3.8, 4) is 39.9 Å². The van der Waals surface area contributed by atoms with Crippen molar-refractivity contribution < 1.29 is 4.42 Å². The van der Waals surface area contributed by atoms with E-state index in [9.17, 15) is 0 Å². The van der Waals surface area contributed by atoms with Crippen molar-refractivity contribution in [2.24, 2.45) is 0 Å². The minimum atomic E-state index is 0.150. The Morgan fingerprint density at radius 1 is 0.476 bits per heavy atom. The molecule has 1 aliphatic carbocycles. The van der Waals surface area contributed by atoms with Gasteiger partial charge in [-0.1, -0.05) is 152 Å². The van der Waals surface area contributed by atoms with E-state index in [4.69, 9.17) is 19.4 Å². The maximum absolute atomic E-state index is 6.57. The van der Waals surface area contributed by atoms with Gasteiger partial charge in [0.2, 0.25) is 0 Å². The Morgan fingerprint density at radius 2 is 1.13 bits per heavy atom. The fourth-order valence-corrected chi connectivity index (χ4v) is 9.95. The Hall–Kier alpha value is -8.35. The van der Waals surface area contributed by atoms with Crippen LogP contribution in [0.15, 0.2) is 216 Å². The first-order valence-electron chi connectivity index (χ1n) is 21.5. The third-order valence-corrected chi connectivity index (χ3v) is 12.8. The summed E-state index contributed by atoms with van der Waals surface area (Å²) in [6.07, 6.45) is 5.52. The molecule has 6 nitrogen and oxygen atoms in total. The van der Waals surface area contributed by atoms with E-state index in [-0.39, 0.29) is 5.92 Å². The van der Waals surface area contributed by atoms with Crippen molar-refractivity contribution in [2.75, 3.05) is 4.90 Å². The Kier molecular flexibility index (Phi) is 7.93. The molecule has 11 aromatic rings. The van der Waals surface area contributed by atoms with E-state index in [0.29, 0.717) is 17.5 Å². The number of hydrogen-bond acceptors (Lipinski definition) is 5. The first kappa shape index (κ1) is 35.4. The zero-order valence-corrected chi connectivity index (χ0v) is 34.1. The molecule has 0 spiro atoms. The third-order valence-electron chi connectivity index (χ3n) is 12.8. The molecule has 8 aromatic carbocycles. The third kappa shape index (κ3) is 5.62. The summed E-state index contributed by atoms with van der Waals surface area (Å²) in [6.45, 7) is 0. The van der Waals surface area contributed by atoms with E-state index in [2.05, 4.69) is 143 Å². The van der Waals surface area contributed by atoms with Gasteiger partial charge < -0.3 is 13.9 Å². The largest absolute Gasteiger partial charge is 0.456 e. The molecular formula is C57H37N5O. The fourth-order valence-electron chi connectivity index (χ4n) is 9.95. The Labute approximate surface area is 363 Å². The molecule has 0 bridgehead atoms. The number of furan rings is 1. The van der Waals surface area contributed by atoms with Gasteiger partial charge in [-0.25, -0.2) is 15.0 Å². The molecule has 0 radical (unpaired) electrons. The second-order valence-corrected chi connectivity index (χ2v) is 16.3. The summed E-state index contributed by atoms with van der Waals surface area (Å²) in [4.78, 5) is 17.7. The minimum absolute atomic E-state index is 0.150. The molecule has 0 saturated heterocycles. The van der Waals surface area contributed by atoms with E-state index in [1.54, 1.807) is 0 Å². The second kappa shape index (κ2) is 14.1. The van der Waals surface area contributed by atoms with Crippen LogP contribution in [0, 0.1) is 0 Å². The number of nitrogens with zero attached hydrogens (tertiary/aromatic N) is 5. The van der Waals surface area contributed by atoms with Gasteiger partial charge >= 0.3 is 0 Å². The van der Waals surface area contributed by atoms with Crippen LogP contribution >= 0.6 is 0 Å². The summed E-state index contributed by atoms with van der Waals surface area (Å²) in [7, 11) is 0. The minimum Gasteiger partial charge on any atom is -0.456 e. The lowest BCUT2D eigenvalue weighted by Crippen LogP contribution is -2.16. The van der Waals surface area contributed by atoms with E-state index in [1.165, 1.54) is 49.9 Å². The Balaban J connectivity index is 0.968.